The Morgan fingerprint density at radius 2 is 2.16 bits per heavy atom. The number of thiophene rings is 1. The molecule has 0 radical (unpaired) electrons. The van der Waals surface area contributed by atoms with E-state index in [0.717, 1.165) is 22.9 Å². The van der Waals surface area contributed by atoms with Crippen LogP contribution in [-0.4, -0.2) is 12.6 Å². The number of rotatable bonds is 6. The van der Waals surface area contributed by atoms with Gasteiger partial charge in [-0.25, -0.2) is 0 Å². The maximum Gasteiger partial charge on any atom is 0.119 e. The first-order chi connectivity index (χ1) is 9.13. The minimum atomic E-state index is 0.111. The summed E-state index contributed by atoms with van der Waals surface area (Å²) in [5.41, 5.74) is 7.30. The van der Waals surface area contributed by atoms with Crippen LogP contribution in [-0.2, 0) is 6.42 Å². The molecule has 0 bridgehead atoms. The molecule has 102 valence electrons. The van der Waals surface area contributed by atoms with E-state index >= 15 is 0 Å². The third-order valence-corrected chi connectivity index (χ3v) is 4.09. The monoisotopic (exact) mass is 295 g/mol. The normalized spacial score (nSPS) is 12.4. The lowest BCUT2D eigenvalue weighted by Crippen LogP contribution is -2.24. The van der Waals surface area contributed by atoms with Crippen LogP contribution in [0, 0.1) is 6.92 Å². The SMILES string of the molecule is Cc1cccc(OCCC(N)Cc2ccc(Cl)s2)c1. The predicted octanol–water partition coefficient (Wildman–Crippen LogP) is 4.05. The Hall–Kier alpha value is -1.03. The number of ether oxygens (including phenoxy) is 1. The molecule has 1 unspecified atom stereocenters. The first-order valence-electron chi connectivity index (χ1n) is 6.33. The smallest absolute Gasteiger partial charge is 0.119 e. The summed E-state index contributed by atoms with van der Waals surface area (Å²) in [4.78, 5) is 1.23. The molecule has 1 aromatic heterocycles. The van der Waals surface area contributed by atoms with Gasteiger partial charge in [0.1, 0.15) is 5.75 Å². The molecule has 0 aliphatic heterocycles. The fraction of sp³-hybridized carbons (Fsp3) is 0.333. The van der Waals surface area contributed by atoms with Gasteiger partial charge in [-0.1, -0.05) is 23.7 Å². The van der Waals surface area contributed by atoms with E-state index in [9.17, 15) is 0 Å². The van der Waals surface area contributed by atoms with Gasteiger partial charge in [0.25, 0.3) is 0 Å². The molecule has 2 aromatic rings. The molecule has 2 rings (SSSR count). The van der Waals surface area contributed by atoms with E-state index in [1.807, 2.05) is 30.3 Å². The average Bonchev–Trinajstić information content (AvgIpc) is 2.75. The van der Waals surface area contributed by atoms with E-state index in [1.165, 1.54) is 10.4 Å². The Kier molecular flexibility index (Phi) is 5.25. The highest BCUT2D eigenvalue weighted by Crippen LogP contribution is 2.22. The van der Waals surface area contributed by atoms with Gasteiger partial charge in [-0.3, -0.25) is 0 Å². The van der Waals surface area contributed by atoms with E-state index in [-0.39, 0.29) is 6.04 Å². The van der Waals surface area contributed by atoms with Gasteiger partial charge in [-0.15, -0.1) is 11.3 Å². The maximum atomic E-state index is 6.09. The van der Waals surface area contributed by atoms with Crippen molar-refractivity contribution < 1.29 is 4.74 Å². The van der Waals surface area contributed by atoms with Crippen LogP contribution in [0.2, 0.25) is 4.34 Å². The van der Waals surface area contributed by atoms with Crippen LogP contribution in [0.3, 0.4) is 0 Å². The van der Waals surface area contributed by atoms with Gasteiger partial charge < -0.3 is 10.5 Å². The molecule has 0 amide bonds. The zero-order valence-corrected chi connectivity index (χ0v) is 12.5. The Balaban J connectivity index is 1.73. The van der Waals surface area contributed by atoms with Crippen molar-refractivity contribution in [1.82, 2.24) is 0 Å². The summed E-state index contributed by atoms with van der Waals surface area (Å²) in [7, 11) is 0. The lowest BCUT2D eigenvalue weighted by atomic mass is 10.1. The molecule has 19 heavy (non-hydrogen) atoms. The van der Waals surface area contributed by atoms with Crippen LogP contribution in [0.5, 0.6) is 5.75 Å². The van der Waals surface area contributed by atoms with Crippen molar-refractivity contribution in [3.8, 4) is 5.75 Å². The summed E-state index contributed by atoms with van der Waals surface area (Å²) in [6, 6.07) is 12.1. The van der Waals surface area contributed by atoms with Crippen molar-refractivity contribution in [2.45, 2.75) is 25.8 Å². The molecule has 1 atom stereocenters. The van der Waals surface area contributed by atoms with Crippen LogP contribution in [0.25, 0.3) is 0 Å². The van der Waals surface area contributed by atoms with Gasteiger partial charge >= 0.3 is 0 Å². The molecule has 2 N–H and O–H groups in total. The first-order valence-corrected chi connectivity index (χ1v) is 7.52. The zero-order chi connectivity index (χ0) is 13.7. The molecule has 0 saturated carbocycles. The zero-order valence-electron chi connectivity index (χ0n) is 10.9. The van der Waals surface area contributed by atoms with Crippen molar-refractivity contribution in [3.05, 3.63) is 51.2 Å². The number of hydrogen-bond donors (Lipinski definition) is 1. The van der Waals surface area contributed by atoms with Crippen molar-refractivity contribution in [3.63, 3.8) is 0 Å². The molecule has 0 aliphatic carbocycles. The van der Waals surface area contributed by atoms with Gasteiger partial charge in [0, 0.05) is 10.9 Å². The summed E-state index contributed by atoms with van der Waals surface area (Å²) in [6.07, 6.45) is 1.69. The Morgan fingerprint density at radius 3 is 2.84 bits per heavy atom. The van der Waals surface area contributed by atoms with E-state index in [2.05, 4.69) is 13.0 Å². The summed E-state index contributed by atoms with van der Waals surface area (Å²) in [6.45, 7) is 2.70. The van der Waals surface area contributed by atoms with Gasteiger partial charge in [0.15, 0.2) is 0 Å². The van der Waals surface area contributed by atoms with Crippen molar-refractivity contribution >= 4 is 22.9 Å². The second-order valence-electron chi connectivity index (χ2n) is 4.62. The molecule has 2 nitrogen and oxygen atoms in total. The topological polar surface area (TPSA) is 35.2 Å². The number of aryl methyl sites for hydroxylation is 1. The minimum absolute atomic E-state index is 0.111. The van der Waals surface area contributed by atoms with Gasteiger partial charge in [0.2, 0.25) is 0 Å². The number of nitrogens with two attached hydrogens (primary N) is 1. The lowest BCUT2D eigenvalue weighted by molar-refractivity contribution is 0.297. The van der Waals surface area contributed by atoms with Crippen molar-refractivity contribution in [2.24, 2.45) is 5.73 Å². The second kappa shape index (κ2) is 6.94. The largest absolute Gasteiger partial charge is 0.494 e. The van der Waals surface area contributed by atoms with Gasteiger partial charge in [-0.05, 0) is 49.6 Å². The Bertz CT molecular complexity index is 526. The molecular formula is C15H18ClNOS. The number of benzene rings is 1. The quantitative estimate of drug-likeness (QED) is 0.872. The van der Waals surface area contributed by atoms with E-state index < -0.39 is 0 Å². The minimum Gasteiger partial charge on any atom is -0.494 e. The lowest BCUT2D eigenvalue weighted by Gasteiger charge is -2.11. The highest BCUT2D eigenvalue weighted by Gasteiger charge is 2.07. The Labute approximate surface area is 123 Å². The molecule has 0 fully saturated rings. The summed E-state index contributed by atoms with van der Waals surface area (Å²) in [5.74, 6) is 0.909. The van der Waals surface area contributed by atoms with Gasteiger partial charge in [-0.2, -0.15) is 0 Å². The summed E-state index contributed by atoms with van der Waals surface area (Å²) < 4.78 is 6.52. The molecule has 4 heteroatoms. The maximum absolute atomic E-state index is 6.09. The summed E-state index contributed by atoms with van der Waals surface area (Å²) in [5, 5.41) is 0. The number of halogens is 1. The van der Waals surface area contributed by atoms with Crippen LogP contribution < -0.4 is 10.5 Å². The molecular weight excluding hydrogens is 278 g/mol. The predicted molar refractivity (Wildman–Crippen MR) is 82.3 cm³/mol. The second-order valence-corrected chi connectivity index (χ2v) is 6.42. The fourth-order valence-electron chi connectivity index (χ4n) is 1.86. The number of hydrogen-bond acceptors (Lipinski definition) is 3. The third-order valence-electron chi connectivity index (χ3n) is 2.84. The van der Waals surface area contributed by atoms with E-state index in [1.54, 1.807) is 11.3 Å². The fourth-order valence-corrected chi connectivity index (χ4v) is 3.04. The van der Waals surface area contributed by atoms with Crippen LogP contribution in [0.1, 0.15) is 16.9 Å². The molecule has 0 saturated heterocycles. The van der Waals surface area contributed by atoms with E-state index in [0.29, 0.717) is 6.61 Å². The van der Waals surface area contributed by atoms with Crippen LogP contribution in [0.4, 0.5) is 0 Å². The van der Waals surface area contributed by atoms with E-state index in [4.69, 9.17) is 22.1 Å². The van der Waals surface area contributed by atoms with Crippen LogP contribution >= 0.6 is 22.9 Å². The standard InChI is InChI=1S/C15H18ClNOS/c1-11-3-2-4-13(9-11)18-8-7-12(17)10-14-5-6-15(16)19-14/h2-6,9,12H,7-8,10,17H2,1H3. The molecule has 0 spiro atoms. The van der Waals surface area contributed by atoms with Crippen molar-refractivity contribution in [1.29, 1.82) is 0 Å². The third kappa shape index (κ3) is 4.86. The molecule has 1 heterocycles. The highest BCUT2D eigenvalue weighted by atomic mass is 35.5. The summed E-state index contributed by atoms with van der Waals surface area (Å²) >= 11 is 7.49. The average molecular weight is 296 g/mol. The first kappa shape index (κ1) is 14.4. The molecule has 0 aliphatic rings. The van der Waals surface area contributed by atoms with Crippen LogP contribution in [0.15, 0.2) is 36.4 Å². The van der Waals surface area contributed by atoms with Gasteiger partial charge in [0.05, 0.1) is 10.9 Å². The highest BCUT2D eigenvalue weighted by molar-refractivity contribution is 7.16. The Morgan fingerprint density at radius 1 is 1.32 bits per heavy atom. The molecule has 1 aromatic carbocycles. The van der Waals surface area contributed by atoms with Crippen molar-refractivity contribution in [2.75, 3.05) is 6.61 Å².